The van der Waals surface area contributed by atoms with E-state index in [2.05, 4.69) is 26.2 Å². The molecule has 1 unspecified atom stereocenters. The molecular formula is C9H12BrN3O2. The third-order valence-electron chi connectivity index (χ3n) is 1.78. The molecule has 15 heavy (non-hydrogen) atoms. The lowest BCUT2D eigenvalue weighted by Gasteiger charge is -2.10. The van der Waals surface area contributed by atoms with Gasteiger partial charge in [0.15, 0.2) is 0 Å². The summed E-state index contributed by atoms with van der Waals surface area (Å²) < 4.78 is 0.801. The number of rotatable bonds is 4. The number of primary amides is 1. The Morgan fingerprint density at radius 3 is 2.80 bits per heavy atom. The molecule has 1 rings (SSSR count). The quantitative estimate of drug-likeness (QED) is 0.757. The second-order valence-corrected chi connectivity index (χ2v) is 4.19. The van der Waals surface area contributed by atoms with Gasteiger partial charge in [0.2, 0.25) is 5.91 Å². The van der Waals surface area contributed by atoms with E-state index in [4.69, 9.17) is 5.73 Å². The van der Waals surface area contributed by atoms with E-state index >= 15 is 0 Å². The molecule has 2 amide bonds. The molecule has 0 aliphatic carbocycles. The molecule has 0 radical (unpaired) electrons. The van der Waals surface area contributed by atoms with Crippen LogP contribution in [-0.4, -0.2) is 22.8 Å². The Morgan fingerprint density at radius 1 is 1.67 bits per heavy atom. The molecule has 0 spiro atoms. The van der Waals surface area contributed by atoms with Crippen molar-refractivity contribution in [3.05, 3.63) is 22.4 Å². The van der Waals surface area contributed by atoms with Crippen molar-refractivity contribution in [2.75, 3.05) is 0 Å². The highest BCUT2D eigenvalue weighted by Gasteiger charge is 2.12. The molecule has 1 aromatic heterocycles. The number of nitrogens with one attached hydrogen (secondary N) is 2. The number of aromatic amines is 1. The van der Waals surface area contributed by atoms with Gasteiger partial charge in [0.25, 0.3) is 5.91 Å². The van der Waals surface area contributed by atoms with Crippen LogP contribution in [-0.2, 0) is 4.79 Å². The highest BCUT2D eigenvalue weighted by atomic mass is 79.9. The molecule has 6 heteroatoms. The van der Waals surface area contributed by atoms with E-state index in [1.54, 1.807) is 19.2 Å². The van der Waals surface area contributed by atoms with Crippen LogP contribution in [0.1, 0.15) is 23.8 Å². The number of halogens is 1. The number of hydrogen-bond acceptors (Lipinski definition) is 2. The third kappa shape index (κ3) is 3.75. The zero-order chi connectivity index (χ0) is 11.4. The minimum Gasteiger partial charge on any atom is -0.370 e. The van der Waals surface area contributed by atoms with Crippen LogP contribution in [0.2, 0.25) is 0 Å². The van der Waals surface area contributed by atoms with Crippen molar-refractivity contribution in [2.24, 2.45) is 5.73 Å². The Kier molecular flexibility index (Phi) is 3.90. The standard InChI is InChI=1S/C9H12BrN3O2/c1-5(2-8(11)14)13-9(15)7-3-6(10)4-12-7/h3-5,12H,2H2,1H3,(H2,11,14)(H,13,15). The molecule has 0 fully saturated rings. The average molecular weight is 274 g/mol. The number of aromatic nitrogens is 1. The molecular weight excluding hydrogens is 262 g/mol. The number of nitrogens with two attached hydrogens (primary N) is 1. The van der Waals surface area contributed by atoms with E-state index in [0.29, 0.717) is 5.69 Å². The molecule has 0 saturated carbocycles. The Morgan fingerprint density at radius 2 is 2.33 bits per heavy atom. The zero-order valence-electron chi connectivity index (χ0n) is 8.21. The predicted molar refractivity (Wildman–Crippen MR) is 59.2 cm³/mol. The predicted octanol–water partition coefficient (Wildman–Crippen LogP) is 0.771. The minimum atomic E-state index is -0.435. The van der Waals surface area contributed by atoms with Crippen LogP contribution in [0.5, 0.6) is 0 Å². The van der Waals surface area contributed by atoms with Crippen LogP contribution in [0.25, 0.3) is 0 Å². The summed E-state index contributed by atoms with van der Waals surface area (Å²) in [7, 11) is 0. The SMILES string of the molecule is CC(CC(N)=O)NC(=O)c1cc(Br)c[nH]1. The van der Waals surface area contributed by atoms with E-state index in [1.807, 2.05) is 0 Å². The van der Waals surface area contributed by atoms with Gasteiger partial charge in [-0.2, -0.15) is 0 Å². The van der Waals surface area contributed by atoms with Gasteiger partial charge < -0.3 is 16.0 Å². The second-order valence-electron chi connectivity index (χ2n) is 3.28. The maximum atomic E-state index is 11.5. The van der Waals surface area contributed by atoms with Crippen molar-refractivity contribution in [1.82, 2.24) is 10.3 Å². The van der Waals surface area contributed by atoms with Crippen LogP contribution >= 0.6 is 15.9 Å². The van der Waals surface area contributed by atoms with Gasteiger partial charge >= 0.3 is 0 Å². The molecule has 0 saturated heterocycles. The van der Waals surface area contributed by atoms with Gasteiger partial charge in [-0.05, 0) is 28.9 Å². The average Bonchev–Trinajstić information content (AvgIpc) is 2.49. The molecule has 82 valence electrons. The van der Waals surface area contributed by atoms with Crippen LogP contribution in [0.3, 0.4) is 0 Å². The zero-order valence-corrected chi connectivity index (χ0v) is 9.80. The Labute approximate surface area is 95.5 Å². The lowest BCUT2D eigenvalue weighted by atomic mass is 10.2. The Bertz CT molecular complexity index is 375. The largest absolute Gasteiger partial charge is 0.370 e. The summed E-state index contributed by atoms with van der Waals surface area (Å²) in [5, 5.41) is 2.65. The first-order valence-corrected chi connectivity index (χ1v) is 5.21. The fraction of sp³-hybridized carbons (Fsp3) is 0.333. The van der Waals surface area contributed by atoms with Crippen molar-refractivity contribution in [3.63, 3.8) is 0 Å². The van der Waals surface area contributed by atoms with Crippen LogP contribution in [0, 0.1) is 0 Å². The summed E-state index contributed by atoms with van der Waals surface area (Å²) in [5.74, 6) is -0.690. The third-order valence-corrected chi connectivity index (χ3v) is 2.24. The van der Waals surface area contributed by atoms with Crippen molar-refractivity contribution in [1.29, 1.82) is 0 Å². The summed E-state index contributed by atoms with van der Waals surface area (Å²) in [5.41, 5.74) is 5.45. The fourth-order valence-electron chi connectivity index (χ4n) is 1.15. The van der Waals surface area contributed by atoms with Crippen LogP contribution < -0.4 is 11.1 Å². The molecule has 0 aliphatic heterocycles. The Balaban J connectivity index is 2.52. The van der Waals surface area contributed by atoms with Gasteiger partial charge in [0.05, 0.1) is 0 Å². The molecule has 0 bridgehead atoms. The normalized spacial score (nSPS) is 12.1. The van der Waals surface area contributed by atoms with Crippen molar-refractivity contribution in [3.8, 4) is 0 Å². The Hall–Kier alpha value is -1.30. The van der Waals surface area contributed by atoms with Gasteiger partial charge in [-0.3, -0.25) is 9.59 Å². The van der Waals surface area contributed by atoms with E-state index in [9.17, 15) is 9.59 Å². The summed E-state index contributed by atoms with van der Waals surface area (Å²) in [6.07, 6.45) is 1.79. The van der Waals surface area contributed by atoms with Gasteiger partial charge in [0.1, 0.15) is 5.69 Å². The lowest BCUT2D eigenvalue weighted by molar-refractivity contribution is -0.118. The molecule has 0 aliphatic rings. The number of carbonyl (C=O) groups excluding carboxylic acids is 2. The van der Waals surface area contributed by atoms with E-state index in [-0.39, 0.29) is 18.4 Å². The first kappa shape index (κ1) is 11.8. The number of hydrogen-bond donors (Lipinski definition) is 3. The number of carbonyl (C=O) groups is 2. The lowest BCUT2D eigenvalue weighted by Crippen LogP contribution is -2.35. The van der Waals surface area contributed by atoms with Crippen LogP contribution in [0.4, 0.5) is 0 Å². The van der Waals surface area contributed by atoms with Crippen molar-refractivity contribution in [2.45, 2.75) is 19.4 Å². The molecule has 0 aromatic carbocycles. The van der Waals surface area contributed by atoms with Crippen molar-refractivity contribution < 1.29 is 9.59 Å². The number of H-pyrrole nitrogens is 1. The van der Waals surface area contributed by atoms with E-state index in [0.717, 1.165) is 4.47 Å². The molecule has 1 heterocycles. The highest BCUT2D eigenvalue weighted by molar-refractivity contribution is 9.10. The number of amides is 2. The fourth-order valence-corrected chi connectivity index (χ4v) is 1.50. The summed E-state index contributed by atoms with van der Waals surface area (Å²) in [6, 6.07) is 1.39. The maximum Gasteiger partial charge on any atom is 0.267 e. The minimum absolute atomic E-state index is 0.133. The van der Waals surface area contributed by atoms with Crippen molar-refractivity contribution >= 4 is 27.7 Å². The molecule has 1 aromatic rings. The molecule has 1 atom stereocenters. The summed E-state index contributed by atoms with van der Waals surface area (Å²) in [6.45, 7) is 1.72. The van der Waals surface area contributed by atoms with Gasteiger partial charge in [-0.1, -0.05) is 0 Å². The monoisotopic (exact) mass is 273 g/mol. The maximum absolute atomic E-state index is 11.5. The summed E-state index contributed by atoms with van der Waals surface area (Å²) >= 11 is 3.22. The second kappa shape index (κ2) is 4.97. The summed E-state index contributed by atoms with van der Waals surface area (Å²) in [4.78, 5) is 24.9. The molecule has 4 N–H and O–H groups in total. The first-order chi connectivity index (χ1) is 6.99. The van der Waals surface area contributed by atoms with Gasteiger partial charge in [0, 0.05) is 23.1 Å². The highest BCUT2D eigenvalue weighted by Crippen LogP contribution is 2.10. The van der Waals surface area contributed by atoms with E-state index < -0.39 is 5.91 Å². The first-order valence-electron chi connectivity index (χ1n) is 4.42. The topological polar surface area (TPSA) is 88.0 Å². The molecule has 5 nitrogen and oxygen atoms in total. The van der Waals surface area contributed by atoms with Gasteiger partial charge in [-0.15, -0.1) is 0 Å². The van der Waals surface area contributed by atoms with Crippen LogP contribution in [0.15, 0.2) is 16.7 Å². The smallest absolute Gasteiger partial charge is 0.267 e. The van der Waals surface area contributed by atoms with E-state index in [1.165, 1.54) is 0 Å². The van der Waals surface area contributed by atoms with Gasteiger partial charge in [-0.25, -0.2) is 0 Å².